The van der Waals surface area contributed by atoms with E-state index in [1.165, 1.54) is 34.9 Å². The molecule has 1 aliphatic rings. The monoisotopic (exact) mass is 373 g/mol. The van der Waals surface area contributed by atoms with Crippen LogP contribution in [-0.4, -0.2) is 16.5 Å². The summed E-state index contributed by atoms with van der Waals surface area (Å²) in [5.41, 5.74) is 1.29. The van der Waals surface area contributed by atoms with Crippen molar-refractivity contribution >= 4 is 28.4 Å². The van der Waals surface area contributed by atoms with Gasteiger partial charge in [0.15, 0.2) is 0 Å². The average Bonchev–Trinajstić information content (AvgIpc) is 2.94. The molecular weight excluding hydrogens is 349 g/mol. The zero-order chi connectivity index (χ0) is 13.8. The molecule has 0 bridgehead atoms. The quantitative estimate of drug-likeness (QED) is 0.762. The average molecular weight is 373 g/mol. The molecule has 3 nitrogen and oxygen atoms in total. The van der Waals surface area contributed by atoms with Gasteiger partial charge in [-0.3, -0.25) is 0 Å². The molecule has 1 aliphatic carbocycles. The molecule has 1 aromatic heterocycles. The molecule has 1 atom stereocenters. The largest absolute Gasteiger partial charge is 0.369 e. The standard InChI is InChI=1S/C15H24IN3/c1-4-10(3)14-18-13(11-8-6-7-9-11)12(16)15(19-14)17-5-2/h10-11H,4-9H2,1-3H3,(H,17,18,19). The van der Waals surface area contributed by atoms with E-state index < -0.39 is 0 Å². The van der Waals surface area contributed by atoms with E-state index in [0.717, 1.165) is 24.6 Å². The van der Waals surface area contributed by atoms with Gasteiger partial charge in [-0.25, -0.2) is 9.97 Å². The molecule has 0 saturated heterocycles. The van der Waals surface area contributed by atoms with Gasteiger partial charge >= 0.3 is 0 Å². The maximum absolute atomic E-state index is 4.91. The summed E-state index contributed by atoms with van der Waals surface area (Å²) in [5.74, 6) is 3.14. The van der Waals surface area contributed by atoms with Crippen LogP contribution in [0.25, 0.3) is 0 Å². The first-order valence-corrected chi connectivity index (χ1v) is 8.56. The number of anilines is 1. The van der Waals surface area contributed by atoms with E-state index >= 15 is 0 Å². The summed E-state index contributed by atoms with van der Waals surface area (Å²) >= 11 is 2.42. The SMILES string of the molecule is CCNc1nc(C(C)CC)nc(C2CCCC2)c1I. The molecule has 1 aromatic rings. The van der Waals surface area contributed by atoms with Gasteiger partial charge < -0.3 is 5.32 Å². The first-order chi connectivity index (χ1) is 9.17. The fraction of sp³-hybridized carbons (Fsp3) is 0.733. The molecule has 1 heterocycles. The molecule has 4 heteroatoms. The number of hydrogen-bond acceptors (Lipinski definition) is 3. The third-order valence-electron chi connectivity index (χ3n) is 4.03. The van der Waals surface area contributed by atoms with Gasteiger partial charge in [-0.1, -0.05) is 26.7 Å². The van der Waals surface area contributed by atoms with Crippen molar-refractivity contribution in [1.82, 2.24) is 9.97 Å². The maximum Gasteiger partial charge on any atom is 0.143 e. The lowest BCUT2D eigenvalue weighted by Crippen LogP contribution is -2.13. The highest BCUT2D eigenvalue weighted by Crippen LogP contribution is 2.37. The first kappa shape index (κ1) is 15.0. The van der Waals surface area contributed by atoms with E-state index in [0.29, 0.717) is 11.8 Å². The summed E-state index contributed by atoms with van der Waals surface area (Å²) in [7, 11) is 0. The predicted octanol–water partition coefficient (Wildman–Crippen LogP) is 4.68. The second kappa shape index (κ2) is 6.86. The third kappa shape index (κ3) is 3.38. The molecule has 1 fully saturated rings. The molecule has 0 amide bonds. The second-order valence-electron chi connectivity index (χ2n) is 5.45. The zero-order valence-electron chi connectivity index (χ0n) is 12.2. The summed E-state index contributed by atoms with van der Waals surface area (Å²) in [5, 5.41) is 3.40. The second-order valence-corrected chi connectivity index (χ2v) is 6.53. The van der Waals surface area contributed by atoms with Crippen molar-refractivity contribution < 1.29 is 0 Å². The number of rotatable bonds is 5. The van der Waals surface area contributed by atoms with Crippen LogP contribution >= 0.6 is 22.6 Å². The molecule has 1 N–H and O–H groups in total. The van der Waals surface area contributed by atoms with E-state index in [1.54, 1.807) is 0 Å². The Balaban J connectivity index is 2.41. The summed E-state index contributed by atoms with van der Waals surface area (Å²) < 4.78 is 1.23. The summed E-state index contributed by atoms with van der Waals surface area (Å²) in [6, 6.07) is 0. The lowest BCUT2D eigenvalue weighted by atomic mass is 10.0. The van der Waals surface area contributed by atoms with Crippen molar-refractivity contribution in [3.8, 4) is 0 Å². The van der Waals surface area contributed by atoms with E-state index in [2.05, 4.69) is 48.7 Å². The fourth-order valence-electron chi connectivity index (χ4n) is 2.64. The van der Waals surface area contributed by atoms with E-state index in [-0.39, 0.29) is 0 Å². The highest BCUT2D eigenvalue weighted by Gasteiger charge is 2.24. The molecular formula is C15H24IN3. The van der Waals surface area contributed by atoms with Gasteiger partial charge in [-0.2, -0.15) is 0 Å². The van der Waals surface area contributed by atoms with Gasteiger partial charge in [0.2, 0.25) is 0 Å². The van der Waals surface area contributed by atoms with Gasteiger partial charge in [-0.15, -0.1) is 0 Å². The number of hydrogen-bond donors (Lipinski definition) is 1. The van der Waals surface area contributed by atoms with Crippen molar-refractivity contribution in [3.63, 3.8) is 0 Å². The van der Waals surface area contributed by atoms with Crippen LogP contribution in [0.15, 0.2) is 0 Å². The lowest BCUT2D eigenvalue weighted by molar-refractivity contribution is 0.637. The lowest BCUT2D eigenvalue weighted by Gasteiger charge is -2.18. The molecule has 0 spiro atoms. The Bertz CT molecular complexity index is 428. The van der Waals surface area contributed by atoms with E-state index in [1.807, 2.05) is 0 Å². The van der Waals surface area contributed by atoms with E-state index in [4.69, 9.17) is 9.97 Å². The zero-order valence-corrected chi connectivity index (χ0v) is 14.3. The molecule has 1 unspecified atom stereocenters. The van der Waals surface area contributed by atoms with Crippen LogP contribution in [-0.2, 0) is 0 Å². The van der Waals surface area contributed by atoms with Gasteiger partial charge in [-0.05, 0) is 48.8 Å². The minimum absolute atomic E-state index is 0.439. The summed E-state index contributed by atoms with van der Waals surface area (Å²) in [6.07, 6.45) is 6.37. The van der Waals surface area contributed by atoms with Crippen LogP contribution in [0.2, 0.25) is 0 Å². The highest BCUT2D eigenvalue weighted by molar-refractivity contribution is 14.1. The molecule has 0 aliphatic heterocycles. The Morgan fingerprint density at radius 3 is 2.53 bits per heavy atom. The summed E-state index contributed by atoms with van der Waals surface area (Å²) in [4.78, 5) is 9.64. The Kier molecular flexibility index (Phi) is 5.42. The van der Waals surface area contributed by atoms with Crippen LogP contribution in [0.3, 0.4) is 0 Å². The minimum atomic E-state index is 0.439. The smallest absolute Gasteiger partial charge is 0.143 e. The van der Waals surface area contributed by atoms with Gasteiger partial charge in [0, 0.05) is 18.4 Å². The maximum atomic E-state index is 4.91. The fourth-order valence-corrected chi connectivity index (χ4v) is 3.51. The molecule has 1 saturated carbocycles. The van der Waals surface area contributed by atoms with Crippen molar-refractivity contribution in [2.45, 2.75) is 64.7 Å². The molecule has 0 aromatic carbocycles. The Morgan fingerprint density at radius 1 is 1.26 bits per heavy atom. The Hall–Kier alpha value is -0.390. The normalized spacial score (nSPS) is 17.7. The molecule has 0 radical (unpaired) electrons. The van der Waals surface area contributed by atoms with Crippen LogP contribution in [0.1, 0.15) is 76.2 Å². The van der Waals surface area contributed by atoms with Crippen LogP contribution in [0.4, 0.5) is 5.82 Å². The van der Waals surface area contributed by atoms with Crippen molar-refractivity contribution in [3.05, 3.63) is 15.1 Å². The van der Waals surface area contributed by atoms with E-state index in [9.17, 15) is 0 Å². The Labute approximate surface area is 130 Å². The van der Waals surface area contributed by atoms with Crippen molar-refractivity contribution in [2.75, 3.05) is 11.9 Å². The van der Waals surface area contributed by atoms with Gasteiger partial charge in [0.1, 0.15) is 11.6 Å². The topological polar surface area (TPSA) is 37.8 Å². The van der Waals surface area contributed by atoms with Crippen LogP contribution in [0.5, 0.6) is 0 Å². The number of aromatic nitrogens is 2. The number of halogens is 1. The molecule has 19 heavy (non-hydrogen) atoms. The first-order valence-electron chi connectivity index (χ1n) is 7.48. The number of nitrogens with one attached hydrogen (secondary N) is 1. The third-order valence-corrected chi connectivity index (χ3v) is 5.10. The Morgan fingerprint density at radius 2 is 1.95 bits per heavy atom. The minimum Gasteiger partial charge on any atom is -0.369 e. The summed E-state index contributed by atoms with van der Waals surface area (Å²) in [6.45, 7) is 7.46. The van der Waals surface area contributed by atoms with Crippen LogP contribution in [0, 0.1) is 3.57 Å². The van der Waals surface area contributed by atoms with Crippen molar-refractivity contribution in [2.24, 2.45) is 0 Å². The molecule has 2 rings (SSSR count). The van der Waals surface area contributed by atoms with Gasteiger partial charge in [0.25, 0.3) is 0 Å². The number of nitrogens with zero attached hydrogens (tertiary/aromatic N) is 2. The van der Waals surface area contributed by atoms with Crippen molar-refractivity contribution in [1.29, 1.82) is 0 Å². The van der Waals surface area contributed by atoms with Crippen LogP contribution < -0.4 is 5.32 Å². The van der Waals surface area contributed by atoms with Gasteiger partial charge in [0.05, 0.1) is 9.26 Å². The predicted molar refractivity (Wildman–Crippen MR) is 88.8 cm³/mol. The molecule has 106 valence electrons. The highest BCUT2D eigenvalue weighted by atomic mass is 127.